The molecule has 1 saturated heterocycles. The van der Waals surface area contributed by atoms with Crippen LogP contribution in [-0.4, -0.2) is 67.4 Å². The summed E-state index contributed by atoms with van der Waals surface area (Å²) in [4.78, 5) is 13.4. The van der Waals surface area contributed by atoms with E-state index in [0.29, 0.717) is 12.2 Å². The fourth-order valence-corrected chi connectivity index (χ4v) is 2.96. The van der Waals surface area contributed by atoms with Gasteiger partial charge in [-0.25, -0.2) is 4.98 Å². The van der Waals surface area contributed by atoms with Crippen LogP contribution in [0.15, 0.2) is 10.7 Å². The summed E-state index contributed by atoms with van der Waals surface area (Å²) in [5, 5.41) is 3.06. The molecule has 21 heavy (non-hydrogen) atoms. The number of ether oxygens (including phenoxy) is 1. The van der Waals surface area contributed by atoms with E-state index in [-0.39, 0.29) is 0 Å². The predicted molar refractivity (Wildman–Crippen MR) is 89.0 cm³/mol. The number of hydrogen-bond acceptors (Lipinski definition) is 6. The summed E-state index contributed by atoms with van der Waals surface area (Å²) in [6.07, 6.45) is 2.39. The molecule has 1 aliphatic rings. The molecule has 2 atom stereocenters. The van der Waals surface area contributed by atoms with Crippen LogP contribution in [0.3, 0.4) is 0 Å². The SMILES string of the molecule is CNc1nc(N(C)CCN2C[C@@H](C)O[C@@H](C)C2)ncc1Br. The molecule has 0 radical (unpaired) electrons. The molecule has 0 aliphatic carbocycles. The third-order valence-corrected chi connectivity index (χ3v) is 4.14. The normalized spacial score (nSPS) is 23.1. The molecule has 6 nitrogen and oxygen atoms in total. The zero-order valence-electron chi connectivity index (χ0n) is 13.1. The Balaban J connectivity index is 1.91. The van der Waals surface area contributed by atoms with E-state index in [1.807, 2.05) is 14.1 Å². The van der Waals surface area contributed by atoms with Gasteiger partial charge in [-0.2, -0.15) is 4.98 Å². The minimum Gasteiger partial charge on any atom is -0.373 e. The Morgan fingerprint density at radius 2 is 2.10 bits per heavy atom. The minimum atomic E-state index is 0.305. The number of anilines is 2. The highest BCUT2D eigenvalue weighted by Crippen LogP contribution is 2.20. The Labute approximate surface area is 135 Å². The smallest absolute Gasteiger partial charge is 0.227 e. The largest absolute Gasteiger partial charge is 0.373 e. The molecule has 0 saturated carbocycles. The zero-order chi connectivity index (χ0) is 15.4. The highest BCUT2D eigenvalue weighted by Gasteiger charge is 2.22. The lowest BCUT2D eigenvalue weighted by molar-refractivity contribution is -0.0670. The van der Waals surface area contributed by atoms with E-state index in [1.165, 1.54) is 0 Å². The van der Waals surface area contributed by atoms with Crippen LogP contribution in [0.4, 0.5) is 11.8 Å². The molecule has 1 N–H and O–H groups in total. The number of aromatic nitrogens is 2. The van der Waals surface area contributed by atoms with Crippen LogP contribution in [0.25, 0.3) is 0 Å². The average molecular weight is 358 g/mol. The highest BCUT2D eigenvalue weighted by molar-refractivity contribution is 9.10. The van der Waals surface area contributed by atoms with Gasteiger partial charge in [0.15, 0.2) is 0 Å². The Morgan fingerprint density at radius 1 is 1.43 bits per heavy atom. The fourth-order valence-electron chi connectivity index (χ4n) is 2.58. The van der Waals surface area contributed by atoms with Crippen molar-refractivity contribution in [2.45, 2.75) is 26.1 Å². The van der Waals surface area contributed by atoms with Crippen LogP contribution in [0.5, 0.6) is 0 Å². The molecule has 0 unspecified atom stereocenters. The summed E-state index contributed by atoms with van der Waals surface area (Å²) in [5.41, 5.74) is 0. The molecule has 1 aromatic rings. The van der Waals surface area contributed by atoms with Crippen LogP contribution in [0.2, 0.25) is 0 Å². The van der Waals surface area contributed by atoms with Crippen molar-refractivity contribution < 1.29 is 4.74 Å². The monoisotopic (exact) mass is 357 g/mol. The van der Waals surface area contributed by atoms with Crippen LogP contribution < -0.4 is 10.2 Å². The van der Waals surface area contributed by atoms with Gasteiger partial charge in [-0.15, -0.1) is 0 Å². The third-order valence-electron chi connectivity index (χ3n) is 3.56. The summed E-state index contributed by atoms with van der Waals surface area (Å²) < 4.78 is 6.63. The quantitative estimate of drug-likeness (QED) is 0.867. The summed E-state index contributed by atoms with van der Waals surface area (Å²) in [5.74, 6) is 1.54. The van der Waals surface area contributed by atoms with E-state index < -0.39 is 0 Å². The Kier molecular flexibility index (Phi) is 5.78. The van der Waals surface area contributed by atoms with Crippen molar-refractivity contribution in [1.29, 1.82) is 0 Å². The van der Waals surface area contributed by atoms with Gasteiger partial charge in [0.05, 0.1) is 16.7 Å². The second-order valence-corrected chi connectivity index (χ2v) is 6.41. The van der Waals surface area contributed by atoms with Crippen molar-refractivity contribution >= 4 is 27.7 Å². The second-order valence-electron chi connectivity index (χ2n) is 5.55. The maximum Gasteiger partial charge on any atom is 0.227 e. The summed E-state index contributed by atoms with van der Waals surface area (Å²) in [7, 11) is 3.88. The van der Waals surface area contributed by atoms with Gasteiger partial charge in [-0.05, 0) is 29.8 Å². The first kappa shape index (κ1) is 16.5. The number of rotatable bonds is 5. The fraction of sp³-hybridized carbons (Fsp3) is 0.714. The molecule has 2 rings (SSSR count). The van der Waals surface area contributed by atoms with E-state index in [0.717, 1.165) is 42.4 Å². The molecule has 1 fully saturated rings. The summed E-state index contributed by atoms with van der Waals surface area (Å²) in [6.45, 7) is 8.11. The van der Waals surface area contributed by atoms with Crippen LogP contribution in [-0.2, 0) is 4.74 Å². The second kappa shape index (κ2) is 7.38. The molecule has 118 valence electrons. The topological polar surface area (TPSA) is 53.5 Å². The highest BCUT2D eigenvalue weighted by atomic mass is 79.9. The first-order chi connectivity index (χ1) is 9.99. The van der Waals surface area contributed by atoms with Crippen LogP contribution >= 0.6 is 15.9 Å². The van der Waals surface area contributed by atoms with Crippen molar-refractivity contribution in [3.05, 3.63) is 10.7 Å². The summed E-state index contributed by atoms with van der Waals surface area (Å²) in [6, 6.07) is 0. The van der Waals surface area contributed by atoms with E-state index in [2.05, 4.69) is 54.9 Å². The van der Waals surface area contributed by atoms with E-state index in [1.54, 1.807) is 6.20 Å². The Morgan fingerprint density at radius 3 is 2.71 bits per heavy atom. The first-order valence-electron chi connectivity index (χ1n) is 7.29. The van der Waals surface area contributed by atoms with Gasteiger partial charge in [0, 0.05) is 46.5 Å². The van der Waals surface area contributed by atoms with Crippen molar-refractivity contribution in [1.82, 2.24) is 14.9 Å². The maximum atomic E-state index is 5.76. The first-order valence-corrected chi connectivity index (χ1v) is 8.08. The van der Waals surface area contributed by atoms with Gasteiger partial charge in [0.2, 0.25) is 5.95 Å². The Hall–Kier alpha value is -0.920. The van der Waals surface area contributed by atoms with Crippen molar-refractivity contribution in [3.8, 4) is 0 Å². The molecule has 0 bridgehead atoms. The molecular weight excluding hydrogens is 334 g/mol. The van der Waals surface area contributed by atoms with Gasteiger partial charge >= 0.3 is 0 Å². The molecule has 1 aliphatic heterocycles. The number of nitrogens with one attached hydrogen (secondary N) is 1. The van der Waals surface area contributed by atoms with E-state index in [9.17, 15) is 0 Å². The number of hydrogen-bond donors (Lipinski definition) is 1. The number of morpholine rings is 1. The van der Waals surface area contributed by atoms with Crippen LogP contribution in [0, 0.1) is 0 Å². The van der Waals surface area contributed by atoms with Gasteiger partial charge in [0.1, 0.15) is 5.82 Å². The predicted octanol–water partition coefficient (Wildman–Crippen LogP) is 1.83. The van der Waals surface area contributed by atoms with Crippen LogP contribution in [0.1, 0.15) is 13.8 Å². The van der Waals surface area contributed by atoms with Crippen molar-refractivity contribution in [2.24, 2.45) is 0 Å². The Bertz CT molecular complexity index is 463. The molecule has 7 heteroatoms. The minimum absolute atomic E-state index is 0.305. The lowest BCUT2D eigenvalue weighted by Gasteiger charge is -2.36. The van der Waals surface area contributed by atoms with Gasteiger partial charge in [-0.3, -0.25) is 4.90 Å². The zero-order valence-corrected chi connectivity index (χ0v) is 14.7. The van der Waals surface area contributed by atoms with E-state index >= 15 is 0 Å². The van der Waals surface area contributed by atoms with Gasteiger partial charge in [0.25, 0.3) is 0 Å². The molecule has 1 aromatic heterocycles. The van der Waals surface area contributed by atoms with Crippen molar-refractivity contribution in [3.63, 3.8) is 0 Å². The lowest BCUT2D eigenvalue weighted by Crippen LogP contribution is -2.47. The standard InChI is InChI=1S/C14H24BrN5O/c1-10-8-20(9-11(2)21-10)6-5-19(4)14-17-7-12(15)13(16-3)18-14/h7,10-11H,5-6,8-9H2,1-4H3,(H,16,17,18)/t10-,11+. The van der Waals surface area contributed by atoms with Gasteiger partial charge < -0.3 is 15.0 Å². The van der Waals surface area contributed by atoms with Gasteiger partial charge in [-0.1, -0.05) is 0 Å². The van der Waals surface area contributed by atoms with Crippen molar-refractivity contribution in [2.75, 3.05) is 50.5 Å². The number of halogens is 1. The number of nitrogens with zero attached hydrogens (tertiary/aromatic N) is 4. The molecule has 0 spiro atoms. The average Bonchev–Trinajstić information content (AvgIpc) is 2.44. The molecule has 0 amide bonds. The molecule has 0 aromatic carbocycles. The third kappa shape index (κ3) is 4.52. The summed E-state index contributed by atoms with van der Waals surface area (Å²) >= 11 is 3.43. The lowest BCUT2D eigenvalue weighted by atomic mass is 10.2. The molecular formula is C14H24BrN5O. The maximum absolute atomic E-state index is 5.76. The number of likely N-dealkylation sites (N-methyl/N-ethyl adjacent to an activating group) is 1. The molecule has 2 heterocycles. The van der Waals surface area contributed by atoms with E-state index in [4.69, 9.17) is 4.74 Å².